The van der Waals surface area contributed by atoms with Gasteiger partial charge in [-0.05, 0) is 34.7 Å². The minimum absolute atomic E-state index is 0.424. The Bertz CT molecular complexity index is 398. The van der Waals surface area contributed by atoms with Crippen molar-refractivity contribution in [1.82, 2.24) is 15.2 Å². The van der Waals surface area contributed by atoms with Crippen LogP contribution in [-0.2, 0) is 0 Å². The van der Waals surface area contributed by atoms with Crippen molar-refractivity contribution in [1.29, 1.82) is 0 Å². The van der Waals surface area contributed by atoms with Gasteiger partial charge in [0.1, 0.15) is 0 Å². The van der Waals surface area contributed by atoms with Gasteiger partial charge in [-0.15, -0.1) is 10.2 Å². The third-order valence-electron chi connectivity index (χ3n) is 1.31. The number of nitrogens with one attached hydrogen (secondary N) is 1. The summed E-state index contributed by atoms with van der Waals surface area (Å²) < 4.78 is 1.04. The van der Waals surface area contributed by atoms with E-state index in [4.69, 9.17) is 11.6 Å². The lowest BCUT2D eigenvalue weighted by atomic mass is 10.4. The molecule has 0 saturated heterocycles. The van der Waals surface area contributed by atoms with Crippen molar-refractivity contribution in [2.75, 3.05) is 0 Å². The monoisotopic (exact) mass is 279 g/mol. The van der Waals surface area contributed by atoms with Crippen LogP contribution in [0.4, 0.5) is 0 Å². The van der Waals surface area contributed by atoms with Gasteiger partial charge in [0.2, 0.25) is 0 Å². The zero-order valence-electron chi connectivity index (χ0n) is 5.31. The van der Waals surface area contributed by atoms with Gasteiger partial charge >= 0.3 is 0 Å². The maximum atomic E-state index is 5.64. The Balaban J connectivity index is 2.82. The molecule has 2 rings (SSSR count). The van der Waals surface area contributed by atoms with E-state index in [-0.39, 0.29) is 0 Å². The Labute approximate surface area is 81.3 Å². The highest BCUT2D eigenvalue weighted by molar-refractivity contribution is 14.1. The van der Waals surface area contributed by atoms with Gasteiger partial charge in [-0.2, -0.15) is 0 Å². The summed E-state index contributed by atoms with van der Waals surface area (Å²) in [6.45, 7) is 0. The fourth-order valence-corrected chi connectivity index (χ4v) is 1.62. The molecular weight excluding hydrogens is 276 g/mol. The number of fused-ring (bicyclic) bond motifs is 1. The molecule has 56 valence electrons. The average molecular weight is 279 g/mol. The Kier molecular flexibility index (Phi) is 1.72. The second-order valence-corrected chi connectivity index (χ2v) is 3.64. The Morgan fingerprint density at radius 1 is 1.36 bits per heavy atom. The Morgan fingerprint density at radius 3 is 3.00 bits per heavy atom. The molecule has 0 bridgehead atoms. The van der Waals surface area contributed by atoms with Crippen LogP contribution in [0.3, 0.4) is 0 Å². The summed E-state index contributed by atoms with van der Waals surface area (Å²) >= 11 is 7.82. The number of hydrogen-bond acceptors (Lipinski definition) is 2. The highest BCUT2D eigenvalue weighted by atomic mass is 127. The Morgan fingerprint density at radius 2 is 2.18 bits per heavy atom. The highest BCUT2D eigenvalue weighted by Crippen LogP contribution is 2.16. The van der Waals surface area contributed by atoms with E-state index in [1.807, 2.05) is 6.07 Å². The summed E-state index contributed by atoms with van der Waals surface area (Å²) in [4.78, 5) is 3.04. The van der Waals surface area contributed by atoms with Gasteiger partial charge in [-0.3, -0.25) is 0 Å². The van der Waals surface area contributed by atoms with Gasteiger partial charge in [0.25, 0.3) is 0 Å². The molecule has 0 spiro atoms. The molecule has 2 aromatic rings. The first-order chi connectivity index (χ1) is 5.25. The number of rotatable bonds is 0. The van der Waals surface area contributed by atoms with Gasteiger partial charge in [0.15, 0.2) is 10.8 Å². The fraction of sp³-hybridized carbons (Fsp3) is 0. The van der Waals surface area contributed by atoms with E-state index in [0.717, 1.165) is 14.7 Å². The molecule has 0 aliphatic heterocycles. The third-order valence-corrected chi connectivity index (χ3v) is 2.08. The molecule has 1 N–H and O–H groups in total. The van der Waals surface area contributed by atoms with Crippen molar-refractivity contribution in [2.24, 2.45) is 0 Å². The van der Waals surface area contributed by atoms with Crippen LogP contribution in [0.25, 0.3) is 11.0 Å². The third kappa shape index (κ3) is 1.32. The lowest BCUT2D eigenvalue weighted by molar-refractivity contribution is 1.06. The largest absolute Gasteiger partial charge is 0.333 e. The molecule has 0 amide bonds. The minimum Gasteiger partial charge on any atom is -0.333 e. The zero-order chi connectivity index (χ0) is 7.84. The van der Waals surface area contributed by atoms with E-state index >= 15 is 0 Å². The van der Waals surface area contributed by atoms with Gasteiger partial charge < -0.3 is 4.98 Å². The molecule has 2 aromatic heterocycles. The quantitative estimate of drug-likeness (QED) is 0.751. The summed E-state index contributed by atoms with van der Waals surface area (Å²) in [5.74, 6) is 0. The van der Waals surface area contributed by atoms with Crippen molar-refractivity contribution in [3.05, 3.63) is 21.0 Å². The molecule has 3 nitrogen and oxygen atoms in total. The molecule has 0 aliphatic carbocycles. The molecular formula is C6H3ClIN3. The summed E-state index contributed by atoms with van der Waals surface area (Å²) in [7, 11) is 0. The molecule has 11 heavy (non-hydrogen) atoms. The number of aromatic amines is 1. The summed E-state index contributed by atoms with van der Waals surface area (Å²) in [6.07, 6.45) is 0. The maximum absolute atomic E-state index is 5.64. The van der Waals surface area contributed by atoms with E-state index < -0.39 is 0 Å². The van der Waals surface area contributed by atoms with Crippen molar-refractivity contribution >= 4 is 45.2 Å². The van der Waals surface area contributed by atoms with Crippen LogP contribution in [0.5, 0.6) is 0 Å². The van der Waals surface area contributed by atoms with E-state index in [0.29, 0.717) is 5.15 Å². The molecule has 0 aromatic carbocycles. The molecule has 0 saturated carbocycles. The fourth-order valence-electron chi connectivity index (χ4n) is 0.874. The van der Waals surface area contributed by atoms with Gasteiger partial charge in [0.05, 0.1) is 3.70 Å². The van der Waals surface area contributed by atoms with Crippen LogP contribution in [0.2, 0.25) is 5.15 Å². The average Bonchev–Trinajstić information content (AvgIpc) is 2.27. The molecule has 0 fully saturated rings. The van der Waals surface area contributed by atoms with Crippen LogP contribution in [0.1, 0.15) is 0 Å². The second-order valence-electron chi connectivity index (χ2n) is 2.09. The topological polar surface area (TPSA) is 41.6 Å². The maximum Gasteiger partial charge on any atom is 0.160 e. The normalized spacial score (nSPS) is 10.7. The minimum atomic E-state index is 0.424. The van der Waals surface area contributed by atoms with Crippen molar-refractivity contribution in [3.8, 4) is 0 Å². The van der Waals surface area contributed by atoms with E-state index in [9.17, 15) is 0 Å². The molecule has 0 atom stereocenters. The van der Waals surface area contributed by atoms with Crippen LogP contribution >= 0.6 is 34.2 Å². The van der Waals surface area contributed by atoms with Gasteiger partial charge in [0, 0.05) is 5.39 Å². The van der Waals surface area contributed by atoms with E-state index in [1.165, 1.54) is 0 Å². The Hall–Kier alpha value is -0.360. The van der Waals surface area contributed by atoms with Gasteiger partial charge in [-0.1, -0.05) is 11.6 Å². The predicted octanol–water partition coefficient (Wildman–Crippen LogP) is 2.22. The van der Waals surface area contributed by atoms with Crippen LogP contribution in [0.15, 0.2) is 12.1 Å². The predicted molar refractivity (Wildman–Crippen MR) is 51.6 cm³/mol. The van der Waals surface area contributed by atoms with E-state index in [2.05, 4.69) is 37.8 Å². The number of halogens is 2. The number of nitrogens with zero attached hydrogens (tertiary/aromatic N) is 2. The number of H-pyrrole nitrogens is 1. The zero-order valence-corrected chi connectivity index (χ0v) is 8.22. The van der Waals surface area contributed by atoms with Crippen molar-refractivity contribution < 1.29 is 0 Å². The second kappa shape index (κ2) is 2.60. The SMILES string of the molecule is Clc1cc2cc(I)[nH]c2nn1. The number of hydrogen-bond donors (Lipinski definition) is 1. The van der Waals surface area contributed by atoms with Crippen LogP contribution in [-0.4, -0.2) is 15.2 Å². The lowest BCUT2D eigenvalue weighted by Crippen LogP contribution is -1.81. The van der Waals surface area contributed by atoms with Crippen LogP contribution in [0, 0.1) is 3.70 Å². The highest BCUT2D eigenvalue weighted by Gasteiger charge is 1.99. The standard InChI is InChI=1S/C6H3ClIN3/c7-4-1-3-2-5(8)9-6(3)11-10-4/h1-2H,(H,9,11). The first-order valence-electron chi connectivity index (χ1n) is 2.93. The summed E-state index contributed by atoms with van der Waals surface area (Å²) in [6, 6.07) is 3.75. The van der Waals surface area contributed by atoms with Crippen LogP contribution < -0.4 is 0 Å². The first-order valence-corrected chi connectivity index (χ1v) is 4.39. The summed E-state index contributed by atoms with van der Waals surface area (Å²) in [5.41, 5.74) is 0.777. The van der Waals surface area contributed by atoms with E-state index in [1.54, 1.807) is 6.07 Å². The molecule has 2 heterocycles. The first kappa shape index (κ1) is 7.30. The summed E-state index contributed by atoms with van der Waals surface area (Å²) in [5, 5.41) is 8.98. The lowest BCUT2D eigenvalue weighted by Gasteiger charge is -1.86. The van der Waals surface area contributed by atoms with Crippen molar-refractivity contribution in [3.63, 3.8) is 0 Å². The number of aromatic nitrogens is 3. The smallest absolute Gasteiger partial charge is 0.160 e. The molecule has 0 radical (unpaired) electrons. The molecule has 0 aliphatic rings. The van der Waals surface area contributed by atoms with Crippen molar-refractivity contribution in [2.45, 2.75) is 0 Å². The van der Waals surface area contributed by atoms with Gasteiger partial charge in [-0.25, -0.2) is 0 Å². The molecule has 5 heteroatoms. The molecule has 0 unspecified atom stereocenters.